The van der Waals surface area contributed by atoms with Crippen LogP contribution in [-0.2, 0) is 20.6 Å². The first-order valence-corrected chi connectivity index (χ1v) is 26.4. The molecule has 0 spiro atoms. The lowest BCUT2D eigenvalue weighted by Gasteiger charge is -2.35. The summed E-state index contributed by atoms with van der Waals surface area (Å²) in [6, 6.07) is 12.9. The van der Waals surface area contributed by atoms with E-state index in [-0.39, 0.29) is 54.8 Å². The van der Waals surface area contributed by atoms with E-state index in [2.05, 4.69) is 41.9 Å². The van der Waals surface area contributed by atoms with Crippen LogP contribution in [0.3, 0.4) is 0 Å². The van der Waals surface area contributed by atoms with Crippen molar-refractivity contribution in [1.82, 2.24) is 35.4 Å². The fourth-order valence-corrected chi connectivity index (χ4v) is 11.0. The average molecular weight is 1030 g/mol. The number of piperidine rings is 1. The summed E-state index contributed by atoms with van der Waals surface area (Å²) in [4.78, 5) is 59.9. The van der Waals surface area contributed by atoms with Gasteiger partial charge >= 0.3 is 6.18 Å². The summed E-state index contributed by atoms with van der Waals surface area (Å²) in [5, 5.41) is 20.8. The first kappa shape index (κ1) is 54.9. The Morgan fingerprint density at radius 3 is 2.26 bits per heavy atom. The SMILES string of the molecule is COc1cc2nc(C)nc(N[C@H](C)c3cc(N)cc(C(F)(F)F)c3)c2cc1C1CCN(CCCCCCCC(=O)N[C@H](C(=O)N2C[C@H](O)C[C@H]2C(=O)N[C@@H](C)c2ccc(-c3scnc3C)cc2)C(C)(C)C)CC1. The van der Waals surface area contributed by atoms with Crippen molar-refractivity contribution < 1.29 is 37.4 Å². The average Bonchev–Trinajstić information content (AvgIpc) is 3.96. The lowest BCUT2D eigenvalue weighted by atomic mass is 9.85. The van der Waals surface area contributed by atoms with Crippen molar-refractivity contribution in [2.24, 2.45) is 5.41 Å². The summed E-state index contributed by atoms with van der Waals surface area (Å²) in [7, 11) is 1.65. The Labute approximate surface area is 431 Å². The molecule has 394 valence electrons. The number of unbranched alkanes of at least 4 members (excludes halogenated alkanes) is 4. The molecule has 0 unspecified atom stereocenters. The summed E-state index contributed by atoms with van der Waals surface area (Å²) in [5.74, 6) is 1.09. The Kier molecular flexibility index (Phi) is 17.7. The lowest BCUT2D eigenvalue weighted by Crippen LogP contribution is -2.57. The molecule has 0 aliphatic carbocycles. The van der Waals surface area contributed by atoms with Crippen LogP contribution in [0.25, 0.3) is 21.3 Å². The first-order chi connectivity index (χ1) is 34.6. The zero-order chi connectivity index (χ0) is 52.8. The van der Waals surface area contributed by atoms with Gasteiger partial charge in [-0.25, -0.2) is 15.0 Å². The van der Waals surface area contributed by atoms with Crippen molar-refractivity contribution in [2.75, 3.05) is 44.3 Å². The lowest BCUT2D eigenvalue weighted by molar-refractivity contribution is -0.144. The number of amides is 3. The van der Waals surface area contributed by atoms with Crippen molar-refractivity contribution in [3.8, 4) is 16.2 Å². The van der Waals surface area contributed by atoms with Crippen LogP contribution in [0, 0.1) is 19.3 Å². The summed E-state index contributed by atoms with van der Waals surface area (Å²) >= 11 is 1.58. The van der Waals surface area contributed by atoms with Crippen molar-refractivity contribution in [2.45, 2.75) is 149 Å². The molecular formula is C55H72F3N9O5S. The second-order valence-electron chi connectivity index (χ2n) is 21.0. The predicted molar refractivity (Wildman–Crippen MR) is 281 cm³/mol. The molecule has 2 saturated heterocycles. The molecular weight excluding hydrogens is 956 g/mol. The number of carbonyl (C=O) groups is 3. The topological polar surface area (TPSA) is 188 Å². The van der Waals surface area contributed by atoms with E-state index >= 15 is 0 Å². The number of nitrogens with zero attached hydrogens (tertiary/aromatic N) is 5. The van der Waals surface area contributed by atoms with Crippen LogP contribution in [-0.4, -0.2) is 99.1 Å². The van der Waals surface area contributed by atoms with Crippen LogP contribution in [0.1, 0.15) is 144 Å². The van der Waals surface area contributed by atoms with Crippen LogP contribution in [0.15, 0.2) is 60.1 Å². The number of anilines is 2. The molecule has 6 N–H and O–H groups in total. The van der Waals surface area contributed by atoms with Crippen LogP contribution in [0.2, 0.25) is 0 Å². The standard InChI is InChI=1S/C55H72F3N9O5S/c1-32(36-15-17-38(18-16-36)49-34(3)60-31-73-49)62-52(70)46-27-42(68)30-67(46)53(71)50(54(5,6)7)65-48(69)14-12-10-9-11-13-21-66-22-19-37(20-23-66)43-28-44-45(29-47(43)72-8)63-35(4)64-51(44)61-33(2)39-24-40(55(56,57)58)26-41(59)25-39/h15-18,24-26,28-29,31-33,37,42,46,50,68H,9-14,19-23,27,30,59H2,1-8H3,(H,62,70)(H,65,69)(H,61,63,64)/t32-,33+,42+,46-,50+/m0/s1. The number of thiazole rings is 1. The second kappa shape index (κ2) is 23.6. The van der Waals surface area contributed by atoms with E-state index in [1.54, 1.807) is 38.4 Å². The number of nitrogens with one attached hydrogen (secondary N) is 3. The van der Waals surface area contributed by atoms with Crippen molar-refractivity contribution in [3.63, 3.8) is 0 Å². The largest absolute Gasteiger partial charge is 0.496 e. The number of nitrogens with two attached hydrogens (primary N) is 1. The number of benzene rings is 3. The highest BCUT2D eigenvalue weighted by Crippen LogP contribution is 2.40. The third-order valence-corrected chi connectivity index (χ3v) is 15.3. The molecule has 3 amide bonds. The Balaban J connectivity index is 0.848. The van der Waals surface area contributed by atoms with E-state index in [1.807, 2.05) is 70.5 Å². The minimum Gasteiger partial charge on any atom is -0.496 e. The van der Waals surface area contributed by atoms with Gasteiger partial charge in [0.1, 0.15) is 29.5 Å². The van der Waals surface area contributed by atoms with Crippen LogP contribution in [0.4, 0.5) is 24.7 Å². The minimum absolute atomic E-state index is 0.0122. The Morgan fingerprint density at radius 2 is 1.60 bits per heavy atom. The molecule has 0 bridgehead atoms. The maximum absolute atomic E-state index is 14.2. The highest BCUT2D eigenvalue weighted by molar-refractivity contribution is 7.13. The molecule has 4 heterocycles. The van der Waals surface area contributed by atoms with E-state index in [4.69, 9.17) is 10.5 Å². The molecule has 0 saturated carbocycles. The van der Waals surface area contributed by atoms with Gasteiger partial charge in [0.15, 0.2) is 0 Å². The predicted octanol–water partition coefficient (Wildman–Crippen LogP) is 10.0. The molecule has 18 heteroatoms. The zero-order valence-electron chi connectivity index (χ0n) is 43.4. The smallest absolute Gasteiger partial charge is 0.416 e. The fourth-order valence-electron chi connectivity index (χ4n) is 10.1. The monoisotopic (exact) mass is 1030 g/mol. The number of aromatic nitrogens is 3. The molecule has 2 aliphatic rings. The van der Waals surface area contributed by atoms with E-state index in [9.17, 15) is 32.7 Å². The minimum atomic E-state index is -4.52. The number of carbonyl (C=O) groups excluding carboxylic acids is 3. The van der Waals surface area contributed by atoms with Gasteiger partial charge in [-0.15, -0.1) is 11.3 Å². The molecule has 14 nitrogen and oxygen atoms in total. The van der Waals surface area contributed by atoms with Crippen molar-refractivity contribution in [3.05, 3.63) is 93.9 Å². The Hall–Kier alpha value is -5.85. The quantitative estimate of drug-likeness (QED) is 0.0391. The Morgan fingerprint density at radius 1 is 0.904 bits per heavy atom. The summed E-state index contributed by atoms with van der Waals surface area (Å²) in [6.45, 7) is 15.9. The highest BCUT2D eigenvalue weighted by atomic mass is 32.1. The normalized spacial score (nSPS) is 18.1. The van der Waals surface area contributed by atoms with Crippen LogP contribution >= 0.6 is 11.3 Å². The van der Waals surface area contributed by atoms with Gasteiger partial charge in [-0.2, -0.15) is 13.2 Å². The van der Waals surface area contributed by atoms with Crippen molar-refractivity contribution >= 4 is 51.5 Å². The molecule has 5 aromatic rings. The van der Waals surface area contributed by atoms with Gasteiger partial charge in [0, 0.05) is 36.5 Å². The summed E-state index contributed by atoms with van der Waals surface area (Å²) < 4.78 is 46.7. The molecule has 3 aromatic carbocycles. The summed E-state index contributed by atoms with van der Waals surface area (Å²) in [6.07, 6.45) is 1.49. The van der Waals surface area contributed by atoms with E-state index < -0.39 is 41.4 Å². The number of methoxy groups -OCH3 is 1. The van der Waals surface area contributed by atoms with Gasteiger partial charge in [0.05, 0.1) is 52.5 Å². The van der Waals surface area contributed by atoms with Gasteiger partial charge in [0.25, 0.3) is 0 Å². The van der Waals surface area contributed by atoms with Gasteiger partial charge in [0.2, 0.25) is 17.7 Å². The number of likely N-dealkylation sites (tertiary alicyclic amines) is 2. The number of halogens is 3. The highest BCUT2D eigenvalue weighted by Gasteiger charge is 2.45. The zero-order valence-corrected chi connectivity index (χ0v) is 44.2. The number of ether oxygens (including phenoxy) is 1. The van der Waals surface area contributed by atoms with E-state index in [0.717, 1.165) is 109 Å². The molecule has 2 aliphatic heterocycles. The fraction of sp³-hybridized carbons (Fsp3) is 0.527. The number of hydrogen-bond acceptors (Lipinski definition) is 12. The number of fused-ring (bicyclic) bond motifs is 1. The third-order valence-electron chi connectivity index (χ3n) is 14.3. The molecule has 7 rings (SSSR count). The van der Waals surface area contributed by atoms with Gasteiger partial charge in [-0.05, 0) is 131 Å². The van der Waals surface area contributed by atoms with E-state index in [0.29, 0.717) is 29.1 Å². The molecule has 73 heavy (non-hydrogen) atoms. The number of nitrogen functional groups attached to an aromatic ring is 1. The number of rotatable bonds is 19. The first-order valence-electron chi connectivity index (χ1n) is 25.5. The maximum atomic E-state index is 14.2. The van der Waals surface area contributed by atoms with Gasteiger partial charge in [-0.3, -0.25) is 14.4 Å². The molecule has 2 aromatic heterocycles. The number of hydrogen-bond donors (Lipinski definition) is 5. The third kappa shape index (κ3) is 13.9. The van der Waals surface area contributed by atoms with Crippen LogP contribution < -0.4 is 26.4 Å². The van der Waals surface area contributed by atoms with Crippen molar-refractivity contribution in [1.29, 1.82) is 0 Å². The van der Waals surface area contributed by atoms with Gasteiger partial charge < -0.3 is 41.3 Å². The molecule has 0 radical (unpaired) electrons. The molecule has 2 fully saturated rings. The Bertz CT molecular complexity index is 2720. The number of aryl methyl sites for hydroxylation is 2. The number of alkyl halides is 3. The second-order valence-corrected chi connectivity index (χ2v) is 21.9. The maximum Gasteiger partial charge on any atom is 0.416 e. The molecule has 5 atom stereocenters. The van der Waals surface area contributed by atoms with E-state index in [1.165, 1.54) is 4.90 Å². The van der Waals surface area contributed by atoms with Crippen LogP contribution in [0.5, 0.6) is 5.75 Å². The number of β-amino-alcohol motifs (C(OH)–C–C–N with tert-alkyl or cyclic N) is 1. The number of aliphatic hydroxyl groups is 1. The van der Waals surface area contributed by atoms with Gasteiger partial charge in [-0.1, -0.05) is 64.3 Å². The summed E-state index contributed by atoms with van der Waals surface area (Å²) in [5.41, 5.74) is 11.3. The number of aliphatic hydroxyl groups excluding tert-OH is 1.